The standard InChI is InChI=1S/C22H18N2O2S/c1-22-14-17(16-11-5-6-12-18(16)26-22)24-20(25)19(27-21(24)23-22)13-7-10-15-8-3-2-4-9-15/h2-13,17H,14H2,1H3/b10-7+,19-13-. The summed E-state index contributed by atoms with van der Waals surface area (Å²) in [6.45, 7) is 1.99. The first-order chi connectivity index (χ1) is 13.1. The van der Waals surface area contributed by atoms with E-state index in [0.717, 1.165) is 21.7 Å². The number of rotatable bonds is 2. The molecule has 5 rings (SSSR count). The number of ether oxygens (including phenoxy) is 1. The molecule has 4 nitrogen and oxygen atoms in total. The number of thiazole rings is 1. The third-order valence-electron chi connectivity index (χ3n) is 5.00. The van der Waals surface area contributed by atoms with E-state index in [1.165, 1.54) is 11.3 Å². The Balaban J connectivity index is 1.63. The molecule has 0 spiro atoms. The van der Waals surface area contributed by atoms with Crippen LogP contribution in [0.4, 0.5) is 0 Å². The van der Waals surface area contributed by atoms with Crippen LogP contribution in [0.5, 0.6) is 5.75 Å². The minimum atomic E-state index is -0.618. The van der Waals surface area contributed by atoms with Crippen molar-refractivity contribution >= 4 is 23.5 Å². The molecule has 0 saturated carbocycles. The Morgan fingerprint density at radius 3 is 2.81 bits per heavy atom. The summed E-state index contributed by atoms with van der Waals surface area (Å²) in [7, 11) is 0. The summed E-state index contributed by atoms with van der Waals surface area (Å²) in [5, 5.41) is 0. The van der Waals surface area contributed by atoms with E-state index >= 15 is 0 Å². The largest absolute Gasteiger partial charge is 0.466 e. The topological polar surface area (TPSA) is 43.6 Å². The number of para-hydroxylation sites is 1. The van der Waals surface area contributed by atoms with Gasteiger partial charge in [0.05, 0.1) is 10.6 Å². The highest BCUT2D eigenvalue weighted by Gasteiger charge is 2.42. The van der Waals surface area contributed by atoms with Gasteiger partial charge in [0.1, 0.15) is 5.75 Å². The summed E-state index contributed by atoms with van der Waals surface area (Å²) in [5.74, 6) is 0.818. The van der Waals surface area contributed by atoms with Crippen molar-refractivity contribution in [1.82, 2.24) is 4.57 Å². The average molecular weight is 374 g/mol. The zero-order valence-electron chi connectivity index (χ0n) is 14.8. The number of nitrogens with zero attached hydrogens (tertiary/aromatic N) is 2. The molecule has 2 atom stereocenters. The van der Waals surface area contributed by atoms with E-state index in [4.69, 9.17) is 9.73 Å². The summed E-state index contributed by atoms with van der Waals surface area (Å²) >= 11 is 1.42. The Hall–Kier alpha value is -2.92. The van der Waals surface area contributed by atoms with Crippen molar-refractivity contribution in [1.29, 1.82) is 0 Å². The van der Waals surface area contributed by atoms with Crippen molar-refractivity contribution in [2.24, 2.45) is 4.99 Å². The SMILES string of the molecule is CC12CC(c3ccccc3O1)n1c(s/c(=C\C=C\c3ccccc3)c1=O)=N2. The molecule has 0 N–H and O–H groups in total. The van der Waals surface area contributed by atoms with Crippen molar-refractivity contribution in [2.75, 3.05) is 0 Å². The molecule has 3 heterocycles. The third kappa shape index (κ3) is 2.75. The zero-order valence-corrected chi connectivity index (χ0v) is 15.6. The van der Waals surface area contributed by atoms with Gasteiger partial charge in [0.2, 0.25) is 5.72 Å². The predicted octanol–water partition coefficient (Wildman–Crippen LogP) is 3.13. The number of aromatic nitrogens is 1. The molecule has 134 valence electrons. The Morgan fingerprint density at radius 1 is 1.19 bits per heavy atom. The Bertz CT molecular complexity index is 1220. The highest BCUT2D eigenvalue weighted by atomic mass is 32.1. The Labute approximate surface area is 160 Å². The van der Waals surface area contributed by atoms with E-state index in [1.54, 1.807) is 0 Å². The minimum Gasteiger partial charge on any atom is -0.466 e. The minimum absolute atomic E-state index is 0.0141. The second-order valence-electron chi connectivity index (χ2n) is 7.01. The van der Waals surface area contributed by atoms with Gasteiger partial charge in [-0.3, -0.25) is 9.36 Å². The van der Waals surface area contributed by atoms with E-state index in [-0.39, 0.29) is 11.6 Å². The number of hydrogen-bond acceptors (Lipinski definition) is 4. The first-order valence-corrected chi connectivity index (χ1v) is 9.77. The maximum absolute atomic E-state index is 13.1. The van der Waals surface area contributed by atoms with Gasteiger partial charge in [-0.1, -0.05) is 72.0 Å². The molecule has 0 fully saturated rings. The lowest BCUT2D eigenvalue weighted by molar-refractivity contribution is 0.0410. The highest BCUT2D eigenvalue weighted by Crippen LogP contribution is 2.42. The summed E-state index contributed by atoms with van der Waals surface area (Å²) in [6.07, 6.45) is 6.47. The first-order valence-electron chi connectivity index (χ1n) is 8.96. The van der Waals surface area contributed by atoms with Crippen molar-refractivity contribution in [2.45, 2.75) is 25.1 Å². The normalized spacial score (nSPS) is 23.4. The van der Waals surface area contributed by atoms with Crippen LogP contribution in [0.1, 0.15) is 30.5 Å². The number of hydrogen-bond donors (Lipinski definition) is 0. The lowest BCUT2D eigenvalue weighted by atomic mass is 9.93. The number of allylic oxidation sites excluding steroid dienone is 1. The van der Waals surface area contributed by atoms with Gasteiger partial charge < -0.3 is 4.74 Å². The molecule has 2 unspecified atom stereocenters. The molecule has 2 bridgehead atoms. The molecule has 2 aromatic carbocycles. The summed E-state index contributed by atoms with van der Waals surface area (Å²) < 4.78 is 8.65. The summed E-state index contributed by atoms with van der Waals surface area (Å²) in [6, 6.07) is 17.9. The number of fused-ring (bicyclic) bond motifs is 6. The summed E-state index contributed by atoms with van der Waals surface area (Å²) in [5.41, 5.74) is 1.55. The van der Waals surface area contributed by atoms with E-state index in [0.29, 0.717) is 11.0 Å². The van der Waals surface area contributed by atoms with E-state index in [1.807, 2.05) is 84.3 Å². The van der Waals surface area contributed by atoms with Crippen LogP contribution in [0.25, 0.3) is 12.2 Å². The van der Waals surface area contributed by atoms with Crippen LogP contribution in [-0.4, -0.2) is 10.3 Å². The van der Waals surface area contributed by atoms with Crippen molar-refractivity contribution < 1.29 is 4.74 Å². The van der Waals surface area contributed by atoms with Crippen molar-refractivity contribution in [3.63, 3.8) is 0 Å². The Kier molecular flexibility index (Phi) is 3.65. The van der Waals surface area contributed by atoms with Gasteiger partial charge >= 0.3 is 0 Å². The van der Waals surface area contributed by atoms with Crippen LogP contribution in [0.2, 0.25) is 0 Å². The van der Waals surface area contributed by atoms with E-state index in [9.17, 15) is 4.79 Å². The fraction of sp³-hybridized carbons (Fsp3) is 0.182. The third-order valence-corrected chi connectivity index (χ3v) is 6.00. The first kappa shape index (κ1) is 16.3. The molecular weight excluding hydrogens is 356 g/mol. The second kappa shape index (κ2) is 6.06. The molecule has 1 aromatic heterocycles. The monoisotopic (exact) mass is 374 g/mol. The Morgan fingerprint density at radius 2 is 1.96 bits per heavy atom. The van der Waals surface area contributed by atoms with Crippen LogP contribution in [-0.2, 0) is 0 Å². The van der Waals surface area contributed by atoms with Gasteiger partial charge in [0.15, 0.2) is 4.80 Å². The quantitative estimate of drug-likeness (QED) is 0.692. The lowest BCUT2D eigenvalue weighted by Gasteiger charge is -2.39. The summed E-state index contributed by atoms with van der Waals surface area (Å²) in [4.78, 5) is 18.6. The van der Waals surface area contributed by atoms with Gasteiger partial charge in [-0.15, -0.1) is 0 Å². The predicted molar refractivity (Wildman–Crippen MR) is 108 cm³/mol. The molecule has 0 aliphatic carbocycles. The van der Waals surface area contributed by atoms with Gasteiger partial charge in [-0.25, -0.2) is 4.99 Å². The average Bonchev–Trinajstić information content (AvgIpc) is 2.97. The molecule has 0 amide bonds. The van der Waals surface area contributed by atoms with E-state index < -0.39 is 5.72 Å². The molecule has 2 aliphatic heterocycles. The van der Waals surface area contributed by atoms with Gasteiger partial charge in [-0.05, 0) is 24.6 Å². The molecule has 2 aliphatic rings. The molecule has 0 radical (unpaired) electrons. The van der Waals surface area contributed by atoms with Crippen LogP contribution in [0.3, 0.4) is 0 Å². The fourth-order valence-electron chi connectivity index (χ4n) is 3.76. The lowest BCUT2D eigenvalue weighted by Crippen LogP contribution is -2.49. The number of benzene rings is 2. The molecule has 0 saturated heterocycles. The van der Waals surface area contributed by atoms with Gasteiger partial charge in [0, 0.05) is 12.0 Å². The van der Waals surface area contributed by atoms with Crippen molar-refractivity contribution in [3.8, 4) is 5.75 Å². The van der Waals surface area contributed by atoms with E-state index in [2.05, 4.69) is 0 Å². The van der Waals surface area contributed by atoms with Crippen molar-refractivity contribution in [3.05, 3.63) is 91.5 Å². The molecule has 3 aromatic rings. The van der Waals surface area contributed by atoms with Crippen LogP contribution in [0.15, 0.2) is 70.5 Å². The molecule has 27 heavy (non-hydrogen) atoms. The molecular formula is C22H18N2O2S. The van der Waals surface area contributed by atoms with Crippen LogP contribution < -0.4 is 19.6 Å². The fourth-order valence-corrected chi connectivity index (χ4v) is 4.84. The second-order valence-corrected chi connectivity index (χ2v) is 8.02. The molecule has 5 heteroatoms. The zero-order chi connectivity index (χ0) is 18.4. The highest BCUT2D eigenvalue weighted by molar-refractivity contribution is 7.07. The maximum atomic E-state index is 13.1. The van der Waals surface area contributed by atoms with Crippen LogP contribution in [0, 0.1) is 0 Å². The smallest absolute Gasteiger partial charge is 0.270 e. The van der Waals surface area contributed by atoms with Crippen LogP contribution >= 0.6 is 11.3 Å². The van der Waals surface area contributed by atoms with Gasteiger partial charge in [0.25, 0.3) is 5.56 Å². The maximum Gasteiger partial charge on any atom is 0.270 e. The van der Waals surface area contributed by atoms with Gasteiger partial charge in [-0.2, -0.15) is 0 Å².